The highest BCUT2D eigenvalue weighted by molar-refractivity contribution is 6.01. The van der Waals surface area contributed by atoms with Crippen molar-refractivity contribution < 1.29 is 14.6 Å². The second-order valence-corrected chi connectivity index (χ2v) is 6.69. The molecular weight excluding hydrogens is 340 g/mol. The molecule has 5 heteroatoms. The lowest BCUT2D eigenvalue weighted by atomic mass is 10.0. The van der Waals surface area contributed by atoms with E-state index in [1.54, 1.807) is 19.2 Å². The largest absolute Gasteiger partial charge is 0.507 e. The molecule has 0 bridgehead atoms. The summed E-state index contributed by atoms with van der Waals surface area (Å²) < 4.78 is 5.20. The summed E-state index contributed by atoms with van der Waals surface area (Å²) in [6.07, 6.45) is 0. The van der Waals surface area contributed by atoms with E-state index >= 15 is 0 Å². The minimum atomic E-state index is -0.118. The normalized spacial score (nSPS) is 14.4. The van der Waals surface area contributed by atoms with Crippen LogP contribution < -0.4 is 9.64 Å². The molecule has 27 heavy (non-hydrogen) atoms. The number of aromatic hydroxyl groups is 1. The molecule has 1 aliphatic heterocycles. The summed E-state index contributed by atoms with van der Waals surface area (Å²) >= 11 is 0. The molecule has 1 N–H and O–H groups in total. The van der Waals surface area contributed by atoms with Gasteiger partial charge in [0.2, 0.25) is 0 Å². The van der Waals surface area contributed by atoms with E-state index in [-0.39, 0.29) is 11.7 Å². The number of amides is 1. The van der Waals surface area contributed by atoms with Crippen LogP contribution in [0.1, 0.15) is 10.4 Å². The molecule has 5 nitrogen and oxygen atoms in total. The summed E-state index contributed by atoms with van der Waals surface area (Å²) in [5.74, 6) is 0.753. The van der Waals surface area contributed by atoms with E-state index in [1.807, 2.05) is 53.4 Å². The van der Waals surface area contributed by atoms with Gasteiger partial charge in [0.1, 0.15) is 11.5 Å². The number of phenolic OH excluding ortho intramolecular Hbond substituents is 1. The Balaban J connectivity index is 1.47. The van der Waals surface area contributed by atoms with Gasteiger partial charge in [0.05, 0.1) is 12.7 Å². The third-order valence-electron chi connectivity index (χ3n) is 5.10. The molecule has 0 aliphatic carbocycles. The van der Waals surface area contributed by atoms with Gasteiger partial charge in [0, 0.05) is 31.9 Å². The van der Waals surface area contributed by atoms with Crippen molar-refractivity contribution in [1.82, 2.24) is 4.90 Å². The summed E-state index contributed by atoms with van der Waals surface area (Å²) in [6, 6.07) is 19.1. The predicted octanol–water partition coefficient (Wildman–Crippen LogP) is 3.52. The first-order valence-electron chi connectivity index (χ1n) is 9.06. The SMILES string of the molecule is COc1ccc(N2CCN(C(=O)c3cc4ccccc4cc3O)CC2)cc1. The summed E-state index contributed by atoms with van der Waals surface area (Å²) in [6.45, 7) is 2.76. The Hall–Kier alpha value is -3.21. The van der Waals surface area contributed by atoms with Crippen molar-refractivity contribution in [3.63, 3.8) is 0 Å². The van der Waals surface area contributed by atoms with Gasteiger partial charge in [0.15, 0.2) is 0 Å². The van der Waals surface area contributed by atoms with Crippen molar-refractivity contribution in [2.45, 2.75) is 0 Å². The Morgan fingerprint density at radius 1 is 0.926 bits per heavy atom. The van der Waals surface area contributed by atoms with Crippen LogP contribution in [0.25, 0.3) is 10.8 Å². The minimum Gasteiger partial charge on any atom is -0.507 e. The van der Waals surface area contributed by atoms with Gasteiger partial charge in [-0.15, -0.1) is 0 Å². The highest BCUT2D eigenvalue weighted by Gasteiger charge is 2.24. The molecule has 1 amide bonds. The lowest BCUT2D eigenvalue weighted by Gasteiger charge is -2.36. The molecule has 0 aromatic heterocycles. The van der Waals surface area contributed by atoms with E-state index in [2.05, 4.69) is 4.90 Å². The average molecular weight is 362 g/mol. The van der Waals surface area contributed by atoms with Crippen LogP contribution in [0.2, 0.25) is 0 Å². The number of anilines is 1. The Kier molecular flexibility index (Phi) is 4.59. The zero-order valence-corrected chi connectivity index (χ0v) is 15.3. The molecule has 1 fully saturated rings. The number of phenols is 1. The summed E-state index contributed by atoms with van der Waals surface area (Å²) in [5, 5.41) is 12.2. The number of methoxy groups -OCH3 is 1. The van der Waals surface area contributed by atoms with E-state index in [1.165, 1.54) is 0 Å². The number of fused-ring (bicyclic) bond motifs is 1. The van der Waals surface area contributed by atoms with Crippen molar-refractivity contribution in [1.29, 1.82) is 0 Å². The smallest absolute Gasteiger partial charge is 0.257 e. The number of benzene rings is 3. The fourth-order valence-electron chi connectivity index (χ4n) is 3.53. The highest BCUT2D eigenvalue weighted by atomic mass is 16.5. The van der Waals surface area contributed by atoms with E-state index < -0.39 is 0 Å². The number of piperazine rings is 1. The van der Waals surface area contributed by atoms with E-state index in [9.17, 15) is 9.90 Å². The van der Waals surface area contributed by atoms with E-state index in [4.69, 9.17) is 4.74 Å². The van der Waals surface area contributed by atoms with Crippen LogP contribution in [-0.2, 0) is 0 Å². The molecule has 0 unspecified atom stereocenters. The molecule has 0 atom stereocenters. The maximum Gasteiger partial charge on any atom is 0.257 e. The fraction of sp³-hybridized carbons (Fsp3) is 0.227. The number of rotatable bonds is 3. The fourth-order valence-corrected chi connectivity index (χ4v) is 3.53. The number of nitrogens with zero attached hydrogens (tertiary/aromatic N) is 2. The van der Waals surface area contributed by atoms with Crippen LogP contribution in [0.3, 0.4) is 0 Å². The number of carbonyl (C=O) groups excluding carboxylic acids is 1. The monoisotopic (exact) mass is 362 g/mol. The van der Waals surface area contributed by atoms with Gasteiger partial charge in [0.25, 0.3) is 5.91 Å². The second-order valence-electron chi connectivity index (χ2n) is 6.69. The summed E-state index contributed by atoms with van der Waals surface area (Å²) in [7, 11) is 1.65. The van der Waals surface area contributed by atoms with E-state index in [0.29, 0.717) is 18.7 Å². The average Bonchev–Trinajstić information content (AvgIpc) is 2.73. The number of hydrogen-bond acceptors (Lipinski definition) is 4. The van der Waals surface area contributed by atoms with Crippen LogP contribution in [0, 0.1) is 0 Å². The van der Waals surface area contributed by atoms with Crippen LogP contribution in [0.15, 0.2) is 60.7 Å². The van der Waals surface area contributed by atoms with Gasteiger partial charge in [-0.25, -0.2) is 0 Å². The van der Waals surface area contributed by atoms with Crippen LogP contribution in [0.5, 0.6) is 11.5 Å². The predicted molar refractivity (Wildman–Crippen MR) is 107 cm³/mol. The third-order valence-corrected chi connectivity index (χ3v) is 5.10. The number of hydrogen-bond donors (Lipinski definition) is 1. The van der Waals surface area contributed by atoms with Gasteiger partial charge >= 0.3 is 0 Å². The molecule has 1 heterocycles. The highest BCUT2D eigenvalue weighted by Crippen LogP contribution is 2.27. The standard InChI is InChI=1S/C22H22N2O3/c1-27-19-8-6-18(7-9-19)23-10-12-24(13-11-23)22(26)20-14-16-4-2-3-5-17(16)15-21(20)25/h2-9,14-15,25H,10-13H2,1H3. The van der Waals surface area contributed by atoms with Crippen molar-refractivity contribution in [3.05, 3.63) is 66.2 Å². The summed E-state index contributed by atoms with van der Waals surface area (Å²) in [4.78, 5) is 17.0. The second kappa shape index (κ2) is 7.19. The van der Waals surface area contributed by atoms with Crippen molar-refractivity contribution in [2.24, 2.45) is 0 Å². The zero-order chi connectivity index (χ0) is 18.8. The number of carbonyl (C=O) groups is 1. The molecule has 138 valence electrons. The minimum absolute atomic E-state index is 0.0382. The van der Waals surface area contributed by atoms with Gasteiger partial charge in [-0.2, -0.15) is 0 Å². The molecule has 0 saturated carbocycles. The number of ether oxygens (including phenoxy) is 1. The molecule has 3 aromatic carbocycles. The van der Waals surface area contributed by atoms with Crippen LogP contribution in [-0.4, -0.2) is 49.2 Å². The first kappa shape index (κ1) is 17.2. The molecule has 1 saturated heterocycles. The van der Waals surface area contributed by atoms with Gasteiger partial charge in [-0.05, 0) is 47.2 Å². The topological polar surface area (TPSA) is 53.0 Å². The van der Waals surface area contributed by atoms with Crippen molar-refractivity contribution in [2.75, 3.05) is 38.2 Å². The lowest BCUT2D eigenvalue weighted by Crippen LogP contribution is -2.48. The quantitative estimate of drug-likeness (QED) is 0.775. The molecule has 0 spiro atoms. The van der Waals surface area contributed by atoms with Crippen molar-refractivity contribution >= 4 is 22.4 Å². The third kappa shape index (κ3) is 3.40. The first-order valence-corrected chi connectivity index (χ1v) is 9.06. The lowest BCUT2D eigenvalue weighted by molar-refractivity contribution is 0.0744. The molecule has 4 rings (SSSR count). The van der Waals surface area contributed by atoms with Gasteiger partial charge in [-0.3, -0.25) is 4.79 Å². The van der Waals surface area contributed by atoms with Crippen molar-refractivity contribution in [3.8, 4) is 11.5 Å². The molecular formula is C22H22N2O3. The Morgan fingerprint density at radius 3 is 2.19 bits per heavy atom. The Morgan fingerprint density at radius 2 is 1.56 bits per heavy atom. The maximum atomic E-state index is 12.9. The molecule has 1 aliphatic rings. The van der Waals surface area contributed by atoms with Crippen LogP contribution >= 0.6 is 0 Å². The zero-order valence-electron chi connectivity index (χ0n) is 15.3. The summed E-state index contributed by atoms with van der Waals surface area (Å²) in [5.41, 5.74) is 1.49. The maximum absolute atomic E-state index is 12.9. The van der Waals surface area contributed by atoms with Gasteiger partial charge < -0.3 is 19.6 Å². The van der Waals surface area contributed by atoms with Crippen LogP contribution in [0.4, 0.5) is 5.69 Å². The first-order chi connectivity index (χ1) is 13.2. The Bertz CT molecular complexity index is 961. The molecule has 3 aromatic rings. The Labute approximate surface area is 158 Å². The van der Waals surface area contributed by atoms with Gasteiger partial charge in [-0.1, -0.05) is 24.3 Å². The van der Waals surface area contributed by atoms with E-state index in [0.717, 1.165) is 35.3 Å². The molecule has 0 radical (unpaired) electrons.